The fourth-order valence-electron chi connectivity index (χ4n) is 1.26. The maximum Gasteiger partial charge on any atom is 0.169 e. The zero-order valence-electron chi connectivity index (χ0n) is 8.68. The van der Waals surface area contributed by atoms with Crippen molar-refractivity contribution in [2.45, 2.75) is 26.3 Å². The third-order valence-corrected chi connectivity index (χ3v) is 2.08. The molecule has 0 radical (unpaired) electrons. The number of nitrogens with two attached hydrogens (primary N) is 1. The van der Waals surface area contributed by atoms with E-state index in [2.05, 4.69) is 0 Å². The Morgan fingerprint density at radius 1 is 1.40 bits per heavy atom. The third-order valence-electron chi connectivity index (χ3n) is 2.08. The van der Waals surface area contributed by atoms with Crippen molar-refractivity contribution in [1.29, 1.82) is 0 Å². The van der Waals surface area contributed by atoms with Gasteiger partial charge in [0.15, 0.2) is 17.4 Å². The fourth-order valence-corrected chi connectivity index (χ4v) is 1.26. The first-order valence-electron chi connectivity index (χ1n) is 4.67. The monoisotopic (exact) mass is 213 g/mol. The normalized spacial score (nSPS) is 12.6. The minimum absolute atomic E-state index is 0.0133. The topological polar surface area (TPSA) is 43.1 Å². The molecule has 2 N–H and O–H groups in total. The highest BCUT2D eigenvalue weighted by atomic mass is 19.2. The average Bonchev–Trinajstić information content (AvgIpc) is 2.13. The summed E-state index contributed by atoms with van der Waals surface area (Å²) in [4.78, 5) is 11.5. The maximum atomic E-state index is 13.3. The van der Waals surface area contributed by atoms with Gasteiger partial charge in [-0.05, 0) is 25.5 Å². The Labute approximate surface area is 87.1 Å². The van der Waals surface area contributed by atoms with Crippen molar-refractivity contribution in [2.75, 3.05) is 0 Å². The molecule has 0 aliphatic rings. The van der Waals surface area contributed by atoms with Gasteiger partial charge < -0.3 is 5.73 Å². The number of rotatable bonds is 3. The Morgan fingerprint density at radius 3 is 2.53 bits per heavy atom. The van der Waals surface area contributed by atoms with Crippen molar-refractivity contribution in [1.82, 2.24) is 0 Å². The summed E-state index contributed by atoms with van der Waals surface area (Å²) >= 11 is 0. The van der Waals surface area contributed by atoms with Crippen molar-refractivity contribution >= 4 is 5.78 Å². The van der Waals surface area contributed by atoms with E-state index in [1.165, 1.54) is 19.1 Å². The van der Waals surface area contributed by atoms with E-state index in [9.17, 15) is 13.6 Å². The molecule has 0 bridgehead atoms. The third kappa shape index (κ3) is 2.59. The summed E-state index contributed by atoms with van der Waals surface area (Å²) in [6.45, 7) is 3.08. The lowest BCUT2D eigenvalue weighted by atomic mass is 10.0. The molecule has 0 aliphatic heterocycles. The smallest absolute Gasteiger partial charge is 0.169 e. The molecular weight excluding hydrogens is 200 g/mol. The molecule has 2 nitrogen and oxygen atoms in total. The molecule has 1 unspecified atom stereocenters. The zero-order chi connectivity index (χ0) is 11.6. The first-order valence-corrected chi connectivity index (χ1v) is 4.67. The number of halogens is 2. The molecule has 0 saturated carbocycles. The van der Waals surface area contributed by atoms with Crippen LogP contribution in [0.1, 0.15) is 29.3 Å². The molecule has 1 aromatic rings. The predicted octanol–water partition coefficient (Wildman–Crippen LogP) is 2.19. The van der Waals surface area contributed by atoms with Crippen LogP contribution in [0.25, 0.3) is 0 Å². The standard InChI is InChI=1S/C11H13F2NO/c1-6-3-4-8(11(13)10(6)12)9(15)5-7(2)14/h3-4,7H,5,14H2,1-2H3. The van der Waals surface area contributed by atoms with Crippen LogP contribution in [0.2, 0.25) is 0 Å². The zero-order valence-corrected chi connectivity index (χ0v) is 8.68. The van der Waals surface area contributed by atoms with Gasteiger partial charge in [0.25, 0.3) is 0 Å². The molecule has 15 heavy (non-hydrogen) atoms. The first kappa shape index (κ1) is 11.8. The molecule has 0 spiro atoms. The van der Waals surface area contributed by atoms with E-state index in [0.717, 1.165) is 0 Å². The van der Waals surface area contributed by atoms with Crippen molar-refractivity contribution in [3.05, 3.63) is 34.9 Å². The molecular formula is C11H13F2NO. The van der Waals surface area contributed by atoms with E-state index in [0.29, 0.717) is 0 Å². The fraction of sp³-hybridized carbons (Fsp3) is 0.364. The number of carbonyl (C=O) groups excluding carboxylic acids is 1. The molecule has 1 atom stereocenters. The van der Waals surface area contributed by atoms with Gasteiger partial charge in [0.1, 0.15) is 0 Å². The summed E-state index contributed by atoms with van der Waals surface area (Å²) in [7, 11) is 0. The molecule has 0 heterocycles. The van der Waals surface area contributed by atoms with E-state index in [-0.39, 0.29) is 23.6 Å². The van der Waals surface area contributed by atoms with Crippen LogP contribution in [-0.4, -0.2) is 11.8 Å². The minimum Gasteiger partial charge on any atom is -0.328 e. The van der Waals surface area contributed by atoms with E-state index >= 15 is 0 Å². The maximum absolute atomic E-state index is 13.3. The summed E-state index contributed by atoms with van der Waals surface area (Å²) < 4.78 is 26.5. The Kier molecular flexibility index (Phi) is 3.52. The van der Waals surface area contributed by atoms with Crippen molar-refractivity contribution in [2.24, 2.45) is 5.73 Å². The van der Waals surface area contributed by atoms with E-state index in [1.54, 1.807) is 6.92 Å². The lowest BCUT2D eigenvalue weighted by molar-refractivity contribution is 0.0971. The lowest BCUT2D eigenvalue weighted by Gasteiger charge is -2.06. The van der Waals surface area contributed by atoms with Crippen LogP contribution in [0, 0.1) is 18.6 Å². The molecule has 0 aliphatic carbocycles. The highest BCUT2D eigenvalue weighted by Crippen LogP contribution is 2.17. The van der Waals surface area contributed by atoms with Crippen molar-refractivity contribution < 1.29 is 13.6 Å². The molecule has 0 saturated heterocycles. The molecule has 4 heteroatoms. The average molecular weight is 213 g/mol. The number of Topliss-reactive ketones (excluding diaryl/α,β-unsaturated/α-hetero) is 1. The van der Waals surface area contributed by atoms with Crippen LogP contribution in [-0.2, 0) is 0 Å². The van der Waals surface area contributed by atoms with Gasteiger partial charge in [-0.15, -0.1) is 0 Å². The van der Waals surface area contributed by atoms with Crippen LogP contribution >= 0.6 is 0 Å². The van der Waals surface area contributed by atoms with Crippen molar-refractivity contribution in [3.63, 3.8) is 0 Å². The van der Waals surface area contributed by atoms with E-state index in [4.69, 9.17) is 5.73 Å². The Morgan fingerprint density at radius 2 is 2.00 bits per heavy atom. The lowest BCUT2D eigenvalue weighted by Crippen LogP contribution is -2.20. The summed E-state index contributed by atoms with van der Waals surface area (Å²) in [5.74, 6) is -2.52. The molecule has 0 aromatic heterocycles. The summed E-state index contributed by atoms with van der Waals surface area (Å²) in [5, 5.41) is 0. The Balaban J connectivity index is 3.06. The van der Waals surface area contributed by atoms with E-state index < -0.39 is 17.4 Å². The van der Waals surface area contributed by atoms with Gasteiger partial charge in [-0.25, -0.2) is 8.78 Å². The summed E-state index contributed by atoms with van der Waals surface area (Å²) in [5.41, 5.74) is 5.37. The second kappa shape index (κ2) is 4.49. The quantitative estimate of drug-likeness (QED) is 0.782. The number of aryl methyl sites for hydroxylation is 1. The number of hydrogen-bond donors (Lipinski definition) is 1. The second-order valence-corrected chi connectivity index (χ2v) is 3.66. The minimum atomic E-state index is -1.08. The van der Waals surface area contributed by atoms with E-state index in [1.807, 2.05) is 0 Å². The number of hydrogen-bond acceptors (Lipinski definition) is 2. The van der Waals surface area contributed by atoms with Gasteiger partial charge >= 0.3 is 0 Å². The molecule has 0 fully saturated rings. The van der Waals surface area contributed by atoms with Gasteiger partial charge in [0.05, 0.1) is 5.56 Å². The van der Waals surface area contributed by atoms with Crippen LogP contribution in [0.15, 0.2) is 12.1 Å². The van der Waals surface area contributed by atoms with Gasteiger partial charge in [0.2, 0.25) is 0 Å². The number of ketones is 1. The van der Waals surface area contributed by atoms with Crippen LogP contribution in [0.4, 0.5) is 8.78 Å². The SMILES string of the molecule is Cc1ccc(C(=O)CC(C)N)c(F)c1F. The van der Waals surface area contributed by atoms with Crippen LogP contribution in [0.3, 0.4) is 0 Å². The number of carbonyl (C=O) groups is 1. The highest BCUT2D eigenvalue weighted by molar-refractivity contribution is 5.96. The van der Waals surface area contributed by atoms with Crippen LogP contribution in [0.5, 0.6) is 0 Å². The summed E-state index contributed by atoms with van der Waals surface area (Å²) in [6, 6.07) is 2.31. The van der Waals surface area contributed by atoms with Crippen LogP contribution < -0.4 is 5.73 Å². The molecule has 1 aromatic carbocycles. The van der Waals surface area contributed by atoms with Gasteiger partial charge in [-0.3, -0.25) is 4.79 Å². The molecule has 0 amide bonds. The van der Waals surface area contributed by atoms with Gasteiger partial charge in [0, 0.05) is 12.5 Å². The van der Waals surface area contributed by atoms with Gasteiger partial charge in [-0.1, -0.05) is 6.07 Å². The van der Waals surface area contributed by atoms with Gasteiger partial charge in [-0.2, -0.15) is 0 Å². The largest absolute Gasteiger partial charge is 0.328 e. The Bertz CT molecular complexity index is 388. The second-order valence-electron chi connectivity index (χ2n) is 3.66. The molecule has 1 rings (SSSR count). The highest BCUT2D eigenvalue weighted by Gasteiger charge is 2.17. The Hall–Kier alpha value is -1.29. The van der Waals surface area contributed by atoms with Crippen molar-refractivity contribution in [3.8, 4) is 0 Å². The first-order chi connectivity index (χ1) is 6.93. The number of benzene rings is 1. The molecule has 82 valence electrons. The predicted molar refractivity (Wildman–Crippen MR) is 53.7 cm³/mol. The summed E-state index contributed by atoms with van der Waals surface area (Å²) in [6.07, 6.45) is 0.0133.